The Bertz CT molecular complexity index is 762. The van der Waals surface area contributed by atoms with Crippen molar-refractivity contribution in [2.45, 2.75) is 25.3 Å². The summed E-state index contributed by atoms with van der Waals surface area (Å²) in [7, 11) is 0. The van der Waals surface area contributed by atoms with Crippen LogP contribution in [-0.2, 0) is 4.79 Å². The molecule has 106 valence electrons. The molecule has 0 unspecified atom stereocenters. The molecule has 1 aromatic carbocycles. The molecule has 2 aromatic rings. The smallest absolute Gasteiger partial charge is 0.163 e. The summed E-state index contributed by atoms with van der Waals surface area (Å²) in [5.74, 6) is 1.18. The third kappa shape index (κ3) is 2.03. The Hall–Kier alpha value is -1.88. The van der Waals surface area contributed by atoms with Gasteiger partial charge < -0.3 is 5.32 Å². The van der Waals surface area contributed by atoms with Crippen molar-refractivity contribution in [1.82, 2.24) is 9.78 Å². The second kappa shape index (κ2) is 4.84. The van der Waals surface area contributed by atoms with E-state index in [1.54, 1.807) is 6.20 Å². The Balaban J connectivity index is 1.93. The average Bonchev–Trinajstić information content (AvgIpc) is 2.93. The SMILES string of the molecule is O=C1CCCC2=C1[C@@H](c1cccc(Br)c1)n1nccc1N2. The zero-order chi connectivity index (χ0) is 14.4. The first-order valence-electron chi connectivity index (χ1n) is 7.06. The molecule has 1 atom stereocenters. The Morgan fingerprint density at radius 3 is 3.05 bits per heavy atom. The van der Waals surface area contributed by atoms with Crippen molar-refractivity contribution >= 4 is 27.5 Å². The van der Waals surface area contributed by atoms with Gasteiger partial charge in [0.1, 0.15) is 11.9 Å². The summed E-state index contributed by atoms with van der Waals surface area (Å²) < 4.78 is 2.92. The third-order valence-electron chi connectivity index (χ3n) is 4.09. The molecule has 0 spiro atoms. The molecule has 21 heavy (non-hydrogen) atoms. The summed E-state index contributed by atoms with van der Waals surface area (Å²) in [6, 6.07) is 9.93. The molecule has 0 radical (unpaired) electrons. The van der Waals surface area contributed by atoms with Crippen LogP contribution in [-0.4, -0.2) is 15.6 Å². The Morgan fingerprint density at radius 1 is 1.29 bits per heavy atom. The lowest BCUT2D eigenvalue weighted by Gasteiger charge is -2.33. The molecule has 4 rings (SSSR count). The maximum Gasteiger partial charge on any atom is 0.163 e. The molecule has 4 nitrogen and oxygen atoms in total. The van der Waals surface area contributed by atoms with E-state index in [1.165, 1.54) is 0 Å². The zero-order valence-corrected chi connectivity index (χ0v) is 12.9. The number of Topliss-reactive ketones (excluding diaryl/α,β-unsaturated/α-hetero) is 1. The van der Waals surface area contributed by atoms with E-state index in [4.69, 9.17) is 0 Å². The molecule has 0 bridgehead atoms. The van der Waals surface area contributed by atoms with Gasteiger partial charge in [0.05, 0.1) is 6.20 Å². The Kier molecular flexibility index (Phi) is 2.96. The number of benzene rings is 1. The van der Waals surface area contributed by atoms with Crippen LogP contribution in [0.1, 0.15) is 30.9 Å². The molecular weight excluding hydrogens is 330 g/mol. The molecular formula is C16H14BrN3O. The van der Waals surface area contributed by atoms with Gasteiger partial charge in [0, 0.05) is 28.2 Å². The fraction of sp³-hybridized carbons (Fsp3) is 0.250. The summed E-state index contributed by atoms with van der Waals surface area (Å²) >= 11 is 3.52. The number of fused-ring (bicyclic) bond motifs is 1. The van der Waals surface area contributed by atoms with Crippen LogP contribution in [0.3, 0.4) is 0 Å². The van der Waals surface area contributed by atoms with Crippen LogP contribution >= 0.6 is 15.9 Å². The van der Waals surface area contributed by atoms with E-state index >= 15 is 0 Å². The number of hydrogen-bond donors (Lipinski definition) is 1. The number of allylic oxidation sites excluding steroid dienone is 2. The highest BCUT2D eigenvalue weighted by molar-refractivity contribution is 9.10. The van der Waals surface area contributed by atoms with E-state index in [9.17, 15) is 4.79 Å². The summed E-state index contributed by atoms with van der Waals surface area (Å²) in [4.78, 5) is 12.5. The number of carbonyl (C=O) groups excluding carboxylic acids is 1. The van der Waals surface area contributed by atoms with E-state index in [0.29, 0.717) is 6.42 Å². The topological polar surface area (TPSA) is 46.9 Å². The van der Waals surface area contributed by atoms with Gasteiger partial charge in [-0.25, -0.2) is 4.68 Å². The van der Waals surface area contributed by atoms with Crippen molar-refractivity contribution in [3.8, 4) is 0 Å². The van der Waals surface area contributed by atoms with E-state index in [2.05, 4.69) is 38.5 Å². The maximum absolute atomic E-state index is 12.5. The van der Waals surface area contributed by atoms with Crippen molar-refractivity contribution < 1.29 is 4.79 Å². The highest BCUT2D eigenvalue weighted by Gasteiger charge is 2.35. The van der Waals surface area contributed by atoms with Gasteiger partial charge in [-0.2, -0.15) is 5.10 Å². The minimum atomic E-state index is -0.128. The van der Waals surface area contributed by atoms with Crippen LogP contribution < -0.4 is 5.32 Å². The first-order chi connectivity index (χ1) is 10.2. The highest BCUT2D eigenvalue weighted by Crippen LogP contribution is 2.40. The van der Waals surface area contributed by atoms with E-state index in [-0.39, 0.29) is 11.8 Å². The van der Waals surface area contributed by atoms with Crippen LogP contribution in [0.5, 0.6) is 0 Å². The third-order valence-corrected chi connectivity index (χ3v) is 4.58. The Labute approximate surface area is 131 Å². The van der Waals surface area contributed by atoms with Crippen molar-refractivity contribution in [1.29, 1.82) is 0 Å². The van der Waals surface area contributed by atoms with Gasteiger partial charge in [0.2, 0.25) is 0 Å². The van der Waals surface area contributed by atoms with E-state index in [0.717, 1.165) is 40.0 Å². The summed E-state index contributed by atoms with van der Waals surface area (Å²) in [6.07, 6.45) is 4.25. The number of aromatic nitrogens is 2. The first-order valence-corrected chi connectivity index (χ1v) is 7.85. The monoisotopic (exact) mass is 343 g/mol. The van der Waals surface area contributed by atoms with Crippen LogP contribution in [0, 0.1) is 0 Å². The number of rotatable bonds is 1. The number of anilines is 1. The number of carbonyl (C=O) groups is 1. The van der Waals surface area contributed by atoms with Crippen LogP contribution in [0.25, 0.3) is 0 Å². The van der Waals surface area contributed by atoms with Gasteiger partial charge in [-0.1, -0.05) is 28.1 Å². The fourth-order valence-corrected chi connectivity index (χ4v) is 3.61. The second-order valence-electron chi connectivity index (χ2n) is 5.41. The van der Waals surface area contributed by atoms with Gasteiger partial charge in [0.15, 0.2) is 5.78 Å². The minimum absolute atomic E-state index is 0.128. The second-order valence-corrected chi connectivity index (χ2v) is 6.33. The molecule has 0 saturated heterocycles. The van der Waals surface area contributed by atoms with Gasteiger partial charge in [-0.3, -0.25) is 4.79 Å². The molecule has 1 aliphatic heterocycles. The predicted octanol–water partition coefficient (Wildman–Crippen LogP) is 3.67. The number of hydrogen-bond acceptors (Lipinski definition) is 3. The molecule has 1 aromatic heterocycles. The summed E-state index contributed by atoms with van der Waals surface area (Å²) in [5, 5.41) is 7.79. The normalized spacial score (nSPS) is 20.8. The lowest BCUT2D eigenvalue weighted by molar-refractivity contribution is -0.116. The molecule has 1 N–H and O–H groups in total. The summed E-state index contributed by atoms with van der Waals surface area (Å²) in [6.45, 7) is 0. The van der Waals surface area contributed by atoms with E-state index < -0.39 is 0 Å². The minimum Gasteiger partial charge on any atom is -0.343 e. The number of ketones is 1. The molecule has 0 saturated carbocycles. The number of halogens is 1. The fourth-order valence-electron chi connectivity index (χ4n) is 3.19. The Morgan fingerprint density at radius 2 is 2.19 bits per heavy atom. The maximum atomic E-state index is 12.5. The van der Waals surface area contributed by atoms with Crippen LogP contribution in [0.15, 0.2) is 52.3 Å². The molecule has 5 heteroatoms. The van der Waals surface area contributed by atoms with Gasteiger partial charge in [-0.15, -0.1) is 0 Å². The van der Waals surface area contributed by atoms with Crippen LogP contribution in [0.4, 0.5) is 5.82 Å². The first kappa shape index (κ1) is 12.8. The van der Waals surface area contributed by atoms with Gasteiger partial charge in [0.25, 0.3) is 0 Å². The molecule has 2 aliphatic rings. The average molecular weight is 344 g/mol. The van der Waals surface area contributed by atoms with Gasteiger partial charge >= 0.3 is 0 Å². The van der Waals surface area contributed by atoms with Gasteiger partial charge in [-0.05, 0) is 30.5 Å². The van der Waals surface area contributed by atoms with E-state index in [1.807, 2.05) is 22.9 Å². The summed E-state index contributed by atoms with van der Waals surface area (Å²) in [5.41, 5.74) is 3.01. The molecule has 0 amide bonds. The van der Waals surface area contributed by atoms with Crippen molar-refractivity contribution in [3.05, 3.63) is 57.8 Å². The lowest BCUT2D eigenvalue weighted by Crippen LogP contribution is -2.31. The van der Waals surface area contributed by atoms with Crippen molar-refractivity contribution in [2.24, 2.45) is 0 Å². The standard InChI is InChI=1S/C16H14BrN3O/c17-11-4-1-3-10(9-11)16-15-12(5-2-6-13(15)21)19-14-7-8-18-20(14)16/h1,3-4,7-9,16,19H,2,5-6H2/t16-/m1/s1. The zero-order valence-electron chi connectivity index (χ0n) is 11.3. The predicted molar refractivity (Wildman–Crippen MR) is 84.0 cm³/mol. The number of nitrogens with one attached hydrogen (secondary N) is 1. The van der Waals surface area contributed by atoms with Crippen molar-refractivity contribution in [2.75, 3.05) is 5.32 Å². The quantitative estimate of drug-likeness (QED) is 0.859. The molecule has 1 aliphatic carbocycles. The van der Waals surface area contributed by atoms with Crippen LogP contribution in [0.2, 0.25) is 0 Å². The lowest BCUT2D eigenvalue weighted by atomic mass is 9.85. The largest absolute Gasteiger partial charge is 0.343 e. The molecule has 2 heterocycles. The highest BCUT2D eigenvalue weighted by atomic mass is 79.9. The van der Waals surface area contributed by atoms with Crippen molar-refractivity contribution in [3.63, 3.8) is 0 Å². The number of nitrogens with zero attached hydrogens (tertiary/aromatic N) is 2. The molecule has 0 fully saturated rings.